The number of hydrogen-bond donors (Lipinski definition) is 1. The summed E-state index contributed by atoms with van der Waals surface area (Å²) in [5.41, 5.74) is 0.104. The van der Waals surface area contributed by atoms with E-state index in [2.05, 4.69) is 0 Å². The monoisotopic (exact) mass is 291 g/mol. The first-order valence-electron chi connectivity index (χ1n) is 5.88. The van der Waals surface area contributed by atoms with Gasteiger partial charge in [-0.05, 0) is 24.3 Å². The average molecular weight is 291 g/mol. The smallest absolute Gasteiger partial charge is 0.317 e. The second-order valence-corrected chi connectivity index (χ2v) is 5.36. The number of Topliss-reactive ketones (excluding diaryl/α,β-unsaturated/α-hetero) is 1. The Bertz CT molecular complexity index is 495. The number of rotatable bonds is 2. The highest BCUT2D eigenvalue weighted by molar-refractivity contribution is 7.10. The summed E-state index contributed by atoms with van der Waals surface area (Å²) in [5.74, 6) is -2.34. The van der Waals surface area contributed by atoms with Crippen molar-refractivity contribution >= 4 is 28.7 Å². The number of hydrogen-bond acceptors (Lipinski definition) is 3. The average Bonchev–Trinajstić information content (AvgIpc) is 2.76. The zero-order valence-corrected chi connectivity index (χ0v) is 10.7. The summed E-state index contributed by atoms with van der Waals surface area (Å²) in [6.07, 6.45) is -2.13. The van der Waals surface area contributed by atoms with E-state index in [1.807, 2.05) is 5.32 Å². The van der Waals surface area contributed by atoms with Gasteiger partial charge < -0.3 is 5.32 Å². The first-order valence-corrected chi connectivity index (χ1v) is 6.76. The summed E-state index contributed by atoms with van der Waals surface area (Å²) < 4.78 is 36.6. The van der Waals surface area contributed by atoms with E-state index >= 15 is 0 Å². The molecule has 1 atom stereocenters. The van der Waals surface area contributed by atoms with Gasteiger partial charge in [-0.3, -0.25) is 9.59 Å². The van der Waals surface area contributed by atoms with Gasteiger partial charge in [-0.15, -0.1) is 11.3 Å². The van der Waals surface area contributed by atoms with Crippen molar-refractivity contribution in [3.63, 3.8) is 0 Å². The second kappa shape index (κ2) is 5.32. The Labute approximate surface area is 111 Å². The van der Waals surface area contributed by atoms with E-state index in [1.54, 1.807) is 5.38 Å². The molecule has 0 aliphatic heterocycles. The highest BCUT2D eigenvalue weighted by atomic mass is 32.1. The molecule has 2 rings (SSSR count). The van der Waals surface area contributed by atoms with E-state index in [1.165, 1.54) is 17.4 Å². The van der Waals surface area contributed by atoms with E-state index < -0.39 is 12.1 Å². The van der Waals surface area contributed by atoms with E-state index in [0.717, 1.165) is 12.8 Å². The fourth-order valence-electron chi connectivity index (χ4n) is 2.15. The van der Waals surface area contributed by atoms with Crippen LogP contribution in [0.1, 0.15) is 36.5 Å². The fraction of sp³-hybridized carbons (Fsp3) is 0.500. The summed E-state index contributed by atoms with van der Waals surface area (Å²) in [6.45, 7) is 0. The summed E-state index contributed by atoms with van der Waals surface area (Å²) in [4.78, 5) is 23.3. The molecule has 0 bridgehead atoms. The van der Waals surface area contributed by atoms with Crippen molar-refractivity contribution in [1.29, 1.82) is 0 Å². The zero-order valence-electron chi connectivity index (χ0n) is 9.92. The van der Waals surface area contributed by atoms with Gasteiger partial charge in [0.1, 0.15) is 5.78 Å². The Balaban J connectivity index is 2.18. The Morgan fingerprint density at radius 2 is 2.11 bits per heavy atom. The number of alkyl halides is 3. The minimum Gasteiger partial charge on any atom is -0.317 e. The normalized spacial score (nSPS) is 20.4. The molecule has 0 spiro atoms. The maximum atomic E-state index is 12.2. The number of anilines is 1. The molecule has 0 aromatic carbocycles. The molecule has 7 heteroatoms. The molecular weight excluding hydrogens is 279 g/mol. The quantitative estimate of drug-likeness (QED) is 0.906. The van der Waals surface area contributed by atoms with Crippen LogP contribution >= 0.6 is 11.3 Å². The Morgan fingerprint density at radius 1 is 1.37 bits per heavy atom. The molecule has 3 nitrogen and oxygen atoms in total. The van der Waals surface area contributed by atoms with Gasteiger partial charge in [-0.2, -0.15) is 13.2 Å². The van der Waals surface area contributed by atoms with Gasteiger partial charge in [0.15, 0.2) is 0 Å². The third-order valence-corrected chi connectivity index (χ3v) is 4.10. The number of thiophene rings is 1. The lowest BCUT2D eigenvalue weighted by Gasteiger charge is -2.20. The molecule has 1 N–H and O–H groups in total. The molecule has 104 valence electrons. The summed E-state index contributed by atoms with van der Waals surface area (Å²) >= 11 is 1.21. The third kappa shape index (κ3) is 3.15. The summed E-state index contributed by atoms with van der Waals surface area (Å²) in [7, 11) is 0. The van der Waals surface area contributed by atoms with Crippen molar-refractivity contribution in [2.45, 2.75) is 37.8 Å². The Hall–Kier alpha value is -1.37. The van der Waals surface area contributed by atoms with Crippen LogP contribution in [0, 0.1) is 0 Å². The molecule has 1 heterocycles. The molecule has 1 aromatic heterocycles. The zero-order chi connectivity index (χ0) is 14.0. The lowest BCUT2D eigenvalue weighted by Crippen LogP contribution is -2.30. The van der Waals surface area contributed by atoms with E-state index in [9.17, 15) is 22.8 Å². The van der Waals surface area contributed by atoms with Crippen molar-refractivity contribution in [2.75, 3.05) is 5.32 Å². The fourth-order valence-corrected chi connectivity index (χ4v) is 3.16. The first kappa shape index (κ1) is 14.0. The molecule has 1 aromatic rings. The van der Waals surface area contributed by atoms with Crippen LogP contribution in [0.25, 0.3) is 0 Å². The van der Waals surface area contributed by atoms with E-state index in [4.69, 9.17) is 0 Å². The van der Waals surface area contributed by atoms with Crippen LogP contribution in [-0.2, 0) is 9.59 Å². The Morgan fingerprint density at radius 3 is 2.74 bits per heavy atom. The highest BCUT2D eigenvalue weighted by Gasteiger charge is 2.39. The molecule has 1 aliphatic rings. The molecule has 1 aliphatic carbocycles. The van der Waals surface area contributed by atoms with E-state index in [-0.39, 0.29) is 17.4 Å². The summed E-state index contributed by atoms with van der Waals surface area (Å²) in [5, 5.41) is 3.43. The van der Waals surface area contributed by atoms with Crippen LogP contribution in [0.15, 0.2) is 11.4 Å². The largest absolute Gasteiger partial charge is 0.471 e. The van der Waals surface area contributed by atoms with E-state index in [0.29, 0.717) is 17.7 Å². The van der Waals surface area contributed by atoms with Crippen LogP contribution in [-0.4, -0.2) is 17.9 Å². The molecule has 1 unspecified atom stereocenters. The highest BCUT2D eigenvalue weighted by Crippen LogP contribution is 2.38. The minimum atomic E-state index is -4.92. The summed E-state index contributed by atoms with van der Waals surface area (Å²) in [6, 6.07) is 1.41. The van der Waals surface area contributed by atoms with Crippen molar-refractivity contribution in [3.8, 4) is 0 Å². The van der Waals surface area contributed by atoms with Crippen molar-refractivity contribution < 1.29 is 22.8 Å². The van der Waals surface area contributed by atoms with Crippen molar-refractivity contribution in [2.24, 2.45) is 0 Å². The predicted molar refractivity (Wildman–Crippen MR) is 65.2 cm³/mol. The maximum Gasteiger partial charge on any atom is 0.471 e. The lowest BCUT2D eigenvalue weighted by atomic mass is 9.86. The standard InChI is InChI=1S/C12H12F3NO2S/c13-12(14,15)11(18)16-8-5-6-19-10(8)7-3-1-2-4-9(7)17/h5-7H,1-4H2,(H,16,18). The number of carbonyl (C=O) groups excluding carboxylic acids is 2. The van der Waals surface area contributed by atoms with Crippen LogP contribution < -0.4 is 5.32 Å². The van der Waals surface area contributed by atoms with Crippen molar-refractivity contribution in [1.82, 2.24) is 0 Å². The molecular formula is C12H12F3NO2S. The lowest BCUT2D eigenvalue weighted by molar-refractivity contribution is -0.167. The van der Waals surface area contributed by atoms with Crippen LogP contribution in [0.3, 0.4) is 0 Å². The number of carbonyl (C=O) groups is 2. The van der Waals surface area contributed by atoms with Crippen LogP contribution in [0.4, 0.5) is 18.9 Å². The van der Waals surface area contributed by atoms with Gasteiger partial charge in [0.05, 0.1) is 11.6 Å². The molecule has 0 radical (unpaired) electrons. The van der Waals surface area contributed by atoms with Gasteiger partial charge >= 0.3 is 12.1 Å². The SMILES string of the molecule is O=C1CCCCC1c1sccc1NC(=O)C(F)(F)F. The number of nitrogens with one attached hydrogen (secondary N) is 1. The molecule has 19 heavy (non-hydrogen) atoms. The van der Waals surface area contributed by atoms with Crippen molar-refractivity contribution in [3.05, 3.63) is 16.3 Å². The molecule has 1 amide bonds. The number of ketones is 1. The first-order chi connectivity index (χ1) is 8.89. The third-order valence-electron chi connectivity index (χ3n) is 3.07. The molecule has 0 saturated heterocycles. The predicted octanol–water partition coefficient (Wildman–Crippen LogP) is 3.48. The van der Waals surface area contributed by atoms with Gasteiger partial charge in [-0.1, -0.05) is 6.42 Å². The maximum absolute atomic E-state index is 12.2. The Kier molecular flexibility index (Phi) is 3.93. The number of halogens is 3. The molecule has 1 saturated carbocycles. The molecule has 1 fully saturated rings. The van der Waals surface area contributed by atoms with Crippen LogP contribution in [0.2, 0.25) is 0 Å². The van der Waals surface area contributed by atoms with Gasteiger partial charge in [0.2, 0.25) is 0 Å². The second-order valence-electron chi connectivity index (χ2n) is 4.42. The van der Waals surface area contributed by atoms with Gasteiger partial charge in [0.25, 0.3) is 0 Å². The minimum absolute atomic E-state index is 0.0382. The van der Waals surface area contributed by atoms with Gasteiger partial charge in [-0.25, -0.2) is 0 Å². The number of amides is 1. The topological polar surface area (TPSA) is 46.2 Å². The van der Waals surface area contributed by atoms with Crippen LogP contribution in [0.5, 0.6) is 0 Å². The van der Waals surface area contributed by atoms with Gasteiger partial charge in [0, 0.05) is 11.3 Å².